The van der Waals surface area contributed by atoms with Gasteiger partial charge in [-0.25, -0.2) is 4.79 Å². The fourth-order valence-electron chi connectivity index (χ4n) is 3.82. The number of aliphatic carboxylic acids is 1. The molecule has 1 unspecified atom stereocenters. The third kappa shape index (κ3) is 16.8. The lowest BCUT2D eigenvalue weighted by molar-refractivity contribution is -0.155. The Balaban J connectivity index is 2.22. The third-order valence-electron chi connectivity index (χ3n) is 5.68. The second-order valence-electron chi connectivity index (χ2n) is 8.70. The number of carbonyl (C=O) groups excluding carboxylic acids is 1. The zero-order chi connectivity index (χ0) is 23.3. The molecule has 0 aliphatic rings. The molecule has 0 aliphatic heterocycles. The first kappa shape index (κ1) is 28.2. The number of carboxylic acid groups (broad SMARTS) is 1. The molecule has 0 amide bonds. The highest BCUT2D eigenvalue weighted by atomic mass is 16.6. The van der Waals surface area contributed by atoms with Crippen molar-refractivity contribution in [1.29, 1.82) is 0 Å². The van der Waals surface area contributed by atoms with Gasteiger partial charge in [0.25, 0.3) is 0 Å². The van der Waals surface area contributed by atoms with E-state index in [1.54, 1.807) is 0 Å². The van der Waals surface area contributed by atoms with Crippen molar-refractivity contribution in [1.82, 2.24) is 0 Å². The minimum Gasteiger partial charge on any atom is -0.481 e. The van der Waals surface area contributed by atoms with Crippen LogP contribution in [-0.2, 0) is 25.7 Å². The summed E-state index contributed by atoms with van der Waals surface area (Å²) in [6, 6.07) is 9.85. The van der Waals surface area contributed by atoms with Gasteiger partial charge in [-0.1, -0.05) is 95.0 Å². The monoisotopic (exact) mass is 448 g/mol. The van der Waals surface area contributed by atoms with Crippen molar-refractivity contribution in [3.8, 4) is 0 Å². The summed E-state index contributed by atoms with van der Waals surface area (Å²) < 4.78 is 11.3. The molecular formula is C27H44O5. The number of carboxylic acids is 1. The minimum absolute atomic E-state index is 0.00241. The summed E-state index contributed by atoms with van der Waals surface area (Å²) in [7, 11) is 0. The van der Waals surface area contributed by atoms with Gasteiger partial charge in [0.05, 0.1) is 6.61 Å². The van der Waals surface area contributed by atoms with Gasteiger partial charge in [-0.15, -0.1) is 0 Å². The largest absolute Gasteiger partial charge is 0.481 e. The number of carbonyl (C=O) groups is 2. The SMILES string of the molecule is CCCCCCCC(CCCCCCCCCC(=O)O)OC(=O)COCc1ccccc1. The Bertz CT molecular complexity index is 587. The van der Waals surface area contributed by atoms with E-state index in [4.69, 9.17) is 14.6 Å². The molecule has 0 spiro atoms. The second-order valence-corrected chi connectivity index (χ2v) is 8.70. The first-order valence-electron chi connectivity index (χ1n) is 12.6. The standard InChI is InChI=1S/C27H44O5/c1-2-3-4-8-14-19-25(20-15-9-6-5-7-10-16-21-26(28)29)32-27(30)23-31-22-24-17-12-11-13-18-24/h11-13,17-18,25H,2-10,14-16,19-23H2,1H3,(H,28,29). The van der Waals surface area contributed by atoms with Crippen molar-refractivity contribution in [3.63, 3.8) is 0 Å². The van der Waals surface area contributed by atoms with Crippen molar-refractivity contribution in [2.45, 2.75) is 116 Å². The molecule has 1 rings (SSSR count). The molecule has 0 bridgehead atoms. The molecule has 0 heterocycles. The Morgan fingerprint density at radius 3 is 1.97 bits per heavy atom. The van der Waals surface area contributed by atoms with Crippen molar-refractivity contribution < 1.29 is 24.2 Å². The fraction of sp³-hybridized carbons (Fsp3) is 0.704. The molecule has 0 fully saturated rings. The summed E-state index contributed by atoms with van der Waals surface area (Å²) in [4.78, 5) is 22.8. The van der Waals surface area contributed by atoms with Crippen LogP contribution in [0.2, 0.25) is 0 Å². The van der Waals surface area contributed by atoms with Gasteiger partial charge >= 0.3 is 11.9 Å². The molecule has 1 aromatic rings. The van der Waals surface area contributed by atoms with E-state index in [2.05, 4.69) is 6.92 Å². The number of ether oxygens (including phenoxy) is 2. The van der Waals surface area contributed by atoms with Gasteiger partial charge < -0.3 is 14.6 Å². The highest BCUT2D eigenvalue weighted by Crippen LogP contribution is 2.17. The first-order chi connectivity index (χ1) is 15.6. The van der Waals surface area contributed by atoms with Crippen LogP contribution in [0, 0.1) is 0 Å². The van der Waals surface area contributed by atoms with Gasteiger partial charge in [-0.2, -0.15) is 0 Å². The number of unbranched alkanes of at least 4 members (excludes halogenated alkanes) is 10. The van der Waals surface area contributed by atoms with Crippen LogP contribution >= 0.6 is 0 Å². The summed E-state index contributed by atoms with van der Waals surface area (Å²) in [6.45, 7) is 2.63. The summed E-state index contributed by atoms with van der Waals surface area (Å²) in [6.07, 6.45) is 15.5. The molecule has 5 nitrogen and oxygen atoms in total. The molecule has 32 heavy (non-hydrogen) atoms. The average Bonchev–Trinajstić information content (AvgIpc) is 2.78. The number of esters is 1. The zero-order valence-electron chi connectivity index (χ0n) is 20.1. The maximum Gasteiger partial charge on any atom is 0.332 e. The lowest BCUT2D eigenvalue weighted by Crippen LogP contribution is -2.22. The van der Waals surface area contributed by atoms with E-state index in [0.29, 0.717) is 6.61 Å². The molecule has 5 heteroatoms. The molecule has 1 aromatic carbocycles. The van der Waals surface area contributed by atoms with Crippen molar-refractivity contribution in [2.24, 2.45) is 0 Å². The average molecular weight is 449 g/mol. The zero-order valence-corrected chi connectivity index (χ0v) is 20.1. The molecule has 0 saturated carbocycles. The first-order valence-corrected chi connectivity index (χ1v) is 12.6. The summed E-state index contributed by atoms with van der Waals surface area (Å²) in [5.41, 5.74) is 1.05. The predicted octanol–water partition coefficient (Wildman–Crippen LogP) is 7.07. The summed E-state index contributed by atoms with van der Waals surface area (Å²) in [5, 5.41) is 8.66. The van der Waals surface area contributed by atoms with Crippen LogP contribution in [0.1, 0.15) is 109 Å². The van der Waals surface area contributed by atoms with Crippen molar-refractivity contribution in [3.05, 3.63) is 35.9 Å². The van der Waals surface area contributed by atoms with E-state index in [9.17, 15) is 9.59 Å². The number of hydrogen-bond acceptors (Lipinski definition) is 4. The van der Waals surface area contributed by atoms with Crippen LogP contribution in [0.5, 0.6) is 0 Å². The Morgan fingerprint density at radius 1 is 0.812 bits per heavy atom. The molecule has 0 saturated heterocycles. The number of benzene rings is 1. The van der Waals surface area contributed by atoms with Gasteiger partial charge in [-0.05, 0) is 37.7 Å². The van der Waals surface area contributed by atoms with E-state index in [-0.39, 0.29) is 25.1 Å². The number of hydrogen-bond donors (Lipinski definition) is 1. The van der Waals surface area contributed by atoms with Crippen LogP contribution in [0.4, 0.5) is 0 Å². The van der Waals surface area contributed by atoms with E-state index >= 15 is 0 Å². The van der Waals surface area contributed by atoms with Crippen molar-refractivity contribution >= 4 is 11.9 Å². The predicted molar refractivity (Wildman–Crippen MR) is 129 cm³/mol. The van der Waals surface area contributed by atoms with E-state index in [1.807, 2.05) is 30.3 Å². The second kappa shape index (κ2) is 19.8. The molecule has 1 atom stereocenters. The van der Waals surface area contributed by atoms with Crippen LogP contribution in [-0.4, -0.2) is 29.8 Å². The van der Waals surface area contributed by atoms with E-state index in [1.165, 1.54) is 25.7 Å². The fourth-order valence-corrected chi connectivity index (χ4v) is 3.82. The number of rotatable bonds is 21. The van der Waals surface area contributed by atoms with E-state index in [0.717, 1.165) is 69.8 Å². The van der Waals surface area contributed by atoms with E-state index < -0.39 is 5.97 Å². The normalized spacial score (nSPS) is 11.9. The van der Waals surface area contributed by atoms with Crippen molar-refractivity contribution in [2.75, 3.05) is 6.61 Å². The molecule has 182 valence electrons. The summed E-state index contributed by atoms with van der Waals surface area (Å²) >= 11 is 0. The Morgan fingerprint density at radius 2 is 1.38 bits per heavy atom. The Kier molecular flexibility index (Phi) is 17.4. The lowest BCUT2D eigenvalue weighted by atomic mass is 10.0. The Hall–Kier alpha value is -1.88. The molecule has 1 N–H and O–H groups in total. The van der Waals surface area contributed by atoms with Gasteiger partial charge in [-0.3, -0.25) is 4.79 Å². The topological polar surface area (TPSA) is 72.8 Å². The maximum absolute atomic E-state index is 12.3. The molecule has 0 aromatic heterocycles. The highest BCUT2D eigenvalue weighted by Gasteiger charge is 2.14. The Labute approximate surface area is 194 Å². The van der Waals surface area contributed by atoms with Crippen LogP contribution in [0.15, 0.2) is 30.3 Å². The molecular weight excluding hydrogens is 404 g/mol. The minimum atomic E-state index is -0.703. The van der Waals surface area contributed by atoms with Gasteiger partial charge in [0.15, 0.2) is 0 Å². The van der Waals surface area contributed by atoms with Crippen LogP contribution < -0.4 is 0 Å². The van der Waals surface area contributed by atoms with Gasteiger partial charge in [0.1, 0.15) is 12.7 Å². The molecule has 0 aliphatic carbocycles. The van der Waals surface area contributed by atoms with Gasteiger partial charge in [0.2, 0.25) is 0 Å². The third-order valence-corrected chi connectivity index (χ3v) is 5.68. The smallest absolute Gasteiger partial charge is 0.332 e. The quantitative estimate of drug-likeness (QED) is 0.161. The highest BCUT2D eigenvalue weighted by molar-refractivity contribution is 5.70. The van der Waals surface area contributed by atoms with Gasteiger partial charge in [0, 0.05) is 6.42 Å². The molecule has 0 radical (unpaired) electrons. The van der Waals surface area contributed by atoms with Crippen LogP contribution in [0.25, 0.3) is 0 Å². The van der Waals surface area contributed by atoms with Crippen LogP contribution in [0.3, 0.4) is 0 Å². The maximum atomic E-state index is 12.3. The summed E-state index contributed by atoms with van der Waals surface area (Å²) in [5.74, 6) is -0.969. The lowest BCUT2D eigenvalue weighted by Gasteiger charge is -2.18.